The molecular formula is C16H14N2O4. The van der Waals surface area contributed by atoms with E-state index in [0.717, 1.165) is 5.56 Å². The molecule has 1 aromatic carbocycles. The Labute approximate surface area is 126 Å². The van der Waals surface area contributed by atoms with Gasteiger partial charge in [-0.2, -0.15) is 5.10 Å². The maximum Gasteiger partial charge on any atom is 0.341 e. The summed E-state index contributed by atoms with van der Waals surface area (Å²) in [4.78, 5) is 34.3. The molecule has 0 bridgehead atoms. The van der Waals surface area contributed by atoms with Crippen LogP contribution < -0.4 is 5.56 Å². The van der Waals surface area contributed by atoms with E-state index in [4.69, 9.17) is 4.74 Å². The highest BCUT2D eigenvalue weighted by Crippen LogP contribution is 2.21. The molecule has 1 N–H and O–H groups in total. The predicted molar refractivity (Wildman–Crippen MR) is 81.0 cm³/mol. The Kier molecular flexibility index (Phi) is 4.98. The summed E-state index contributed by atoms with van der Waals surface area (Å²) in [6.07, 6.45) is 1.70. The van der Waals surface area contributed by atoms with Gasteiger partial charge in [0.1, 0.15) is 5.57 Å². The monoisotopic (exact) mass is 298 g/mol. The van der Waals surface area contributed by atoms with Gasteiger partial charge in [-0.3, -0.25) is 9.59 Å². The lowest BCUT2D eigenvalue weighted by Gasteiger charge is -2.05. The quantitative estimate of drug-likeness (QED) is 0.298. The zero-order valence-corrected chi connectivity index (χ0v) is 11.9. The summed E-state index contributed by atoms with van der Waals surface area (Å²) in [5.74, 6) is -0.739. The summed E-state index contributed by atoms with van der Waals surface area (Å²) in [5, 5.41) is 6.34. The highest BCUT2D eigenvalue weighted by Gasteiger charge is 2.13. The summed E-state index contributed by atoms with van der Waals surface area (Å²) < 4.78 is 4.80. The molecule has 6 heteroatoms. The topological polar surface area (TPSA) is 89.1 Å². The third-order valence-corrected chi connectivity index (χ3v) is 2.83. The van der Waals surface area contributed by atoms with Gasteiger partial charge in [-0.25, -0.2) is 9.89 Å². The van der Waals surface area contributed by atoms with Crippen molar-refractivity contribution in [2.24, 2.45) is 0 Å². The number of esters is 1. The van der Waals surface area contributed by atoms with Crippen LogP contribution in [0, 0.1) is 0 Å². The molecule has 0 fully saturated rings. The first kappa shape index (κ1) is 15.4. The molecule has 0 radical (unpaired) electrons. The van der Waals surface area contributed by atoms with Crippen LogP contribution in [0.15, 0.2) is 46.8 Å². The fourth-order valence-corrected chi connectivity index (χ4v) is 1.88. The number of nitrogens with zero attached hydrogens (tertiary/aromatic N) is 1. The number of H-pyrrole nitrogens is 1. The largest absolute Gasteiger partial charge is 0.462 e. The molecule has 0 aliphatic heterocycles. The van der Waals surface area contributed by atoms with Crippen molar-refractivity contribution in [3.05, 3.63) is 57.9 Å². The third kappa shape index (κ3) is 3.54. The molecule has 0 saturated heterocycles. The number of hydrogen-bond acceptors (Lipinski definition) is 5. The van der Waals surface area contributed by atoms with E-state index in [1.807, 2.05) is 30.3 Å². The van der Waals surface area contributed by atoms with Crippen LogP contribution in [0.4, 0.5) is 0 Å². The maximum absolute atomic E-state index is 11.7. The molecule has 0 amide bonds. The molecule has 2 aromatic rings. The molecule has 0 aliphatic carbocycles. The van der Waals surface area contributed by atoms with Crippen molar-refractivity contribution in [1.29, 1.82) is 0 Å². The van der Waals surface area contributed by atoms with Crippen molar-refractivity contribution in [2.75, 3.05) is 6.61 Å². The van der Waals surface area contributed by atoms with Crippen LogP contribution in [0.3, 0.4) is 0 Å². The molecule has 1 heterocycles. The first-order valence-electron chi connectivity index (χ1n) is 6.65. The van der Waals surface area contributed by atoms with Crippen molar-refractivity contribution in [3.63, 3.8) is 0 Å². The van der Waals surface area contributed by atoms with Gasteiger partial charge >= 0.3 is 5.97 Å². The van der Waals surface area contributed by atoms with Gasteiger partial charge in [0.05, 0.1) is 12.3 Å². The second-order valence-corrected chi connectivity index (χ2v) is 4.34. The van der Waals surface area contributed by atoms with Crippen LogP contribution in [-0.2, 0) is 14.3 Å². The number of nitrogens with one attached hydrogen (secondary N) is 1. The van der Waals surface area contributed by atoms with Crippen LogP contribution in [0.25, 0.3) is 17.3 Å². The lowest BCUT2D eigenvalue weighted by molar-refractivity contribution is -0.138. The molecule has 2 rings (SSSR count). The number of carbonyl (C=O) groups excluding carboxylic acids is 2. The van der Waals surface area contributed by atoms with Crippen LogP contribution >= 0.6 is 0 Å². The number of aromatic amines is 1. The Morgan fingerprint density at radius 1 is 1.32 bits per heavy atom. The zero-order valence-electron chi connectivity index (χ0n) is 11.9. The number of hydrogen-bond donors (Lipinski definition) is 1. The molecule has 0 atom stereocenters. The number of aldehydes is 1. The van der Waals surface area contributed by atoms with Gasteiger partial charge in [0.2, 0.25) is 0 Å². The van der Waals surface area contributed by atoms with Crippen molar-refractivity contribution in [1.82, 2.24) is 10.2 Å². The van der Waals surface area contributed by atoms with Gasteiger partial charge in [-0.05, 0) is 13.0 Å². The average Bonchev–Trinajstić information content (AvgIpc) is 2.53. The van der Waals surface area contributed by atoms with Crippen molar-refractivity contribution in [3.8, 4) is 11.3 Å². The molecule has 6 nitrogen and oxygen atoms in total. The lowest BCUT2D eigenvalue weighted by Crippen LogP contribution is -2.11. The molecule has 0 saturated carbocycles. The lowest BCUT2D eigenvalue weighted by atomic mass is 10.0. The average molecular weight is 298 g/mol. The van der Waals surface area contributed by atoms with Crippen LogP contribution in [-0.4, -0.2) is 29.1 Å². The van der Waals surface area contributed by atoms with Gasteiger partial charge in [0.15, 0.2) is 6.29 Å². The second kappa shape index (κ2) is 7.12. The number of benzene rings is 1. The molecule has 0 unspecified atom stereocenters. The minimum Gasteiger partial charge on any atom is -0.462 e. The molecule has 0 spiro atoms. The SMILES string of the molecule is CCOC(=O)/C(C=O)=C/c1cc(=O)[nH]nc1-c1ccccc1. The maximum atomic E-state index is 11.7. The van der Waals surface area contributed by atoms with Crippen LogP contribution in [0.2, 0.25) is 0 Å². The predicted octanol–water partition coefficient (Wildman–Crippen LogP) is 1.58. The van der Waals surface area contributed by atoms with Crippen LogP contribution in [0.5, 0.6) is 0 Å². The van der Waals surface area contributed by atoms with E-state index in [1.165, 1.54) is 12.1 Å². The fraction of sp³-hybridized carbons (Fsp3) is 0.125. The van der Waals surface area contributed by atoms with E-state index in [-0.39, 0.29) is 12.2 Å². The van der Waals surface area contributed by atoms with Gasteiger partial charge in [-0.15, -0.1) is 0 Å². The van der Waals surface area contributed by atoms with Gasteiger partial charge in [-0.1, -0.05) is 30.3 Å². The van der Waals surface area contributed by atoms with E-state index >= 15 is 0 Å². The van der Waals surface area contributed by atoms with E-state index in [9.17, 15) is 14.4 Å². The Morgan fingerprint density at radius 3 is 2.68 bits per heavy atom. The Morgan fingerprint density at radius 2 is 2.05 bits per heavy atom. The highest BCUT2D eigenvalue weighted by molar-refractivity contribution is 6.12. The smallest absolute Gasteiger partial charge is 0.341 e. The summed E-state index contributed by atoms with van der Waals surface area (Å²) in [5.41, 5.74) is 0.972. The summed E-state index contributed by atoms with van der Waals surface area (Å²) in [6, 6.07) is 10.4. The number of aromatic nitrogens is 2. The van der Waals surface area contributed by atoms with Crippen molar-refractivity contribution < 1.29 is 14.3 Å². The van der Waals surface area contributed by atoms with Crippen molar-refractivity contribution in [2.45, 2.75) is 6.92 Å². The third-order valence-electron chi connectivity index (χ3n) is 2.83. The zero-order chi connectivity index (χ0) is 15.9. The molecular weight excluding hydrogens is 284 g/mol. The second-order valence-electron chi connectivity index (χ2n) is 4.34. The summed E-state index contributed by atoms with van der Waals surface area (Å²) >= 11 is 0. The summed E-state index contributed by atoms with van der Waals surface area (Å²) in [6.45, 7) is 1.80. The van der Waals surface area contributed by atoms with E-state index in [0.29, 0.717) is 17.5 Å². The number of rotatable bonds is 5. The van der Waals surface area contributed by atoms with Crippen LogP contribution in [0.1, 0.15) is 12.5 Å². The fourth-order valence-electron chi connectivity index (χ4n) is 1.88. The Hall–Kier alpha value is -3.02. The Balaban J connectivity index is 2.54. The first-order valence-corrected chi connectivity index (χ1v) is 6.65. The standard InChI is InChI=1S/C16H14N2O4/c1-2-22-16(21)13(10-19)8-12-9-14(20)17-18-15(12)11-6-4-3-5-7-11/h3-10H,2H2,1H3,(H,17,20)/b13-8+. The number of ether oxygens (including phenoxy) is 1. The van der Waals surface area contributed by atoms with E-state index in [1.54, 1.807) is 6.92 Å². The Bertz CT molecular complexity index is 763. The highest BCUT2D eigenvalue weighted by atomic mass is 16.5. The summed E-state index contributed by atoms with van der Waals surface area (Å²) in [7, 11) is 0. The van der Waals surface area contributed by atoms with E-state index in [2.05, 4.69) is 10.2 Å². The minimum absolute atomic E-state index is 0.156. The van der Waals surface area contributed by atoms with E-state index < -0.39 is 11.5 Å². The molecule has 112 valence electrons. The van der Waals surface area contributed by atoms with Crippen molar-refractivity contribution >= 4 is 18.3 Å². The molecule has 22 heavy (non-hydrogen) atoms. The minimum atomic E-state index is -0.739. The van der Waals surface area contributed by atoms with Gasteiger partial charge < -0.3 is 4.74 Å². The van der Waals surface area contributed by atoms with Gasteiger partial charge in [0, 0.05) is 17.2 Å². The molecule has 1 aromatic heterocycles. The first-order chi connectivity index (χ1) is 10.7. The van der Waals surface area contributed by atoms with Gasteiger partial charge in [0.25, 0.3) is 5.56 Å². The molecule has 0 aliphatic rings. The normalized spacial score (nSPS) is 11.0. The number of carbonyl (C=O) groups is 2.